The van der Waals surface area contributed by atoms with Gasteiger partial charge in [0, 0.05) is 6.54 Å². The number of carbonyl (C=O) groups is 1. The van der Waals surface area contributed by atoms with E-state index in [9.17, 15) is 4.79 Å². The van der Waals surface area contributed by atoms with Gasteiger partial charge in [-0.3, -0.25) is 4.79 Å². The van der Waals surface area contributed by atoms with E-state index in [1.54, 1.807) is 0 Å². The molecule has 0 spiro atoms. The summed E-state index contributed by atoms with van der Waals surface area (Å²) in [6.07, 6.45) is 4.91. The number of carbonyl (C=O) groups excluding carboxylic acids is 1. The van der Waals surface area contributed by atoms with E-state index in [1.807, 2.05) is 13.0 Å². The molecule has 4 heteroatoms. The standard InChI is InChI=1S/C16H22N2OS/c1-3-16(7-5-8-16)11-18-15(19)14-10-12(2)13(20-14)6-4-9-17/h10H,3,5,7-9,11,17H2,1-2H3,(H,18,19). The molecule has 108 valence electrons. The molecule has 0 saturated heterocycles. The Kier molecular flexibility index (Phi) is 4.85. The Labute approximate surface area is 124 Å². The van der Waals surface area contributed by atoms with Crippen molar-refractivity contribution in [1.29, 1.82) is 0 Å². The number of amides is 1. The van der Waals surface area contributed by atoms with Gasteiger partial charge in [0.05, 0.1) is 16.3 Å². The lowest BCUT2D eigenvalue weighted by Gasteiger charge is -2.41. The molecular formula is C16H22N2OS. The van der Waals surface area contributed by atoms with Crippen molar-refractivity contribution in [2.75, 3.05) is 13.1 Å². The molecule has 1 aliphatic rings. The van der Waals surface area contributed by atoms with Crippen LogP contribution in [0, 0.1) is 24.2 Å². The van der Waals surface area contributed by atoms with E-state index in [0.29, 0.717) is 12.0 Å². The number of nitrogens with one attached hydrogen (secondary N) is 1. The van der Waals surface area contributed by atoms with Crippen LogP contribution in [0.1, 0.15) is 52.7 Å². The number of rotatable bonds is 4. The summed E-state index contributed by atoms with van der Waals surface area (Å²) in [5, 5.41) is 3.09. The average Bonchev–Trinajstić information content (AvgIpc) is 2.77. The zero-order valence-electron chi connectivity index (χ0n) is 12.2. The second-order valence-corrected chi connectivity index (χ2v) is 6.57. The van der Waals surface area contributed by atoms with E-state index in [-0.39, 0.29) is 5.91 Å². The van der Waals surface area contributed by atoms with Gasteiger partial charge >= 0.3 is 0 Å². The van der Waals surface area contributed by atoms with Gasteiger partial charge in [-0.1, -0.05) is 25.2 Å². The molecule has 1 heterocycles. The third kappa shape index (κ3) is 3.23. The van der Waals surface area contributed by atoms with Gasteiger partial charge in [-0.05, 0) is 43.2 Å². The van der Waals surface area contributed by atoms with Gasteiger partial charge < -0.3 is 11.1 Å². The third-order valence-electron chi connectivity index (χ3n) is 4.23. The monoisotopic (exact) mass is 290 g/mol. The lowest BCUT2D eigenvalue weighted by atomic mass is 9.67. The van der Waals surface area contributed by atoms with Gasteiger partial charge in [0.15, 0.2) is 0 Å². The van der Waals surface area contributed by atoms with E-state index in [1.165, 1.54) is 30.6 Å². The van der Waals surface area contributed by atoms with Crippen LogP contribution in [0.5, 0.6) is 0 Å². The minimum atomic E-state index is 0.0265. The number of aryl methyl sites for hydroxylation is 1. The van der Waals surface area contributed by atoms with Crippen LogP contribution in [0.15, 0.2) is 6.07 Å². The first-order chi connectivity index (χ1) is 9.60. The Morgan fingerprint density at radius 2 is 2.30 bits per heavy atom. The van der Waals surface area contributed by atoms with Crippen LogP contribution >= 0.6 is 11.3 Å². The third-order valence-corrected chi connectivity index (χ3v) is 5.39. The molecular weight excluding hydrogens is 268 g/mol. The zero-order valence-corrected chi connectivity index (χ0v) is 13.0. The normalized spacial score (nSPS) is 15.9. The van der Waals surface area contributed by atoms with E-state index in [0.717, 1.165) is 28.3 Å². The smallest absolute Gasteiger partial charge is 0.261 e. The highest BCUT2D eigenvalue weighted by Crippen LogP contribution is 2.43. The molecule has 1 fully saturated rings. The molecule has 3 N–H and O–H groups in total. The fourth-order valence-corrected chi connectivity index (χ4v) is 3.50. The Hall–Kier alpha value is -1.31. The summed E-state index contributed by atoms with van der Waals surface area (Å²) in [5.74, 6) is 5.88. The summed E-state index contributed by atoms with van der Waals surface area (Å²) < 4.78 is 0. The lowest BCUT2D eigenvalue weighted by Crippen LogP contribution is -2.41. The van der Waals surface area contributed by atoms with Crippen molar-refractivity contribution < 1.29 is 4.79 Å². The van der Waals surface area contributed by atoms with E-state index < -0.39 is 0 Å². The summed E-state index contributed by atoms with van der Waals surface area (Å²) in [7, 11) is 0. The van der Waals surface area contributed by atoms with E-state index in [4.69, 9.17) is 5.73 Å². The molecule has 1 aromatic rings. The van der Waals surface area contributed by atoms with E-state index >= 15 is 0 Å². The molecule has 0 bridgehead atoms. The molecule has 0 unspecified atom stereocenters. The Morgan fingerprint density at radius 3 is 2.85 bits per heavy atom. The van der Waals surface area contributed by atoms with Gasteiger partial charge in [-0.25, -0.2) is 0 Å². The van der Waals surface area contributed by atoms with Gasteiger partial charge in [0.1, 0.15) is 0 Å². The average molecular weight is 290 g/mol. The van der Waals surface area contributed by atoms with Crippen molar-refractivity contribution in [2.24, 2.45) is 11.1 Å². The molecule has 20 heavy (non-hydrogen) atoms. The first-order valence-corrected chi connectivity index (χ1v) is 7.99. The Balaban J connectivity index is 1.99. The van der Waals surface area contributed by atoms with Crippen LogP contribution in [0.2, 0.25) is 0 Å². The molecule has 1 amide bonds. The van der Waals surface area contributed by atoms with Gasteiger partial charge in [0.2, 0.25) is 0 Å². The van der Waals surface area contributed by atoms with Crippen LogP contribution in [0.3, 0.4) is 0 Å². The number of hydrogen-bond donors (Lipinski definition) is 2. The van der Waals surface area contributed by atoms with Crippen LogP contribution in [-0.4, -0.2) is 19.0 Å². The number of hydrogen-bond acceptors (Lipinski definition) is 3. The van der Waals surface area contributed by atoms with Gasteiger partial charge in [0.25, 0.3) is 5.91 Å². The summed E-state index contributed by atoms with van der Waals surface area (Å²) in [6, 6.07) is 1.92. The highest BCUT2D eigenvalue weighted by molar-refractivity contribution is 7.14. The largest absolute Gasteiger partial charge is 0.351 e. The van der Waals surface area contributed by atoms with Gasteiger partial charge in [-0.15, -0.1) is 11.3 Å². The maximum Gasteiger partial charge on any atom is 0.261 e. The van der Waals surface area contributed by atoms with Crippen molar-refractivity contribution in [3.05, 3.63) is 21.4 Å². The molecule has 0 atom stereocenters. The van der Waals surface area contributed by atoms with Crippen molar-refractivity contribution in [1.82, 2.24) is 5.32 Å². The lowest BCUT2D eigenvalue weighted by molar-refractivity contribution is 0.0853. The van der Waals surface area contributed by atoms with Crippen molar-refractivity contribution in [3.8, 4) is 11.8 Å². The van der Waals surface area contributed by atoms with Crippen LogP contribution in [0.4, 0.5) is 0 Å². The summed E-state index contributed by atoms with van der Waals surface area (Å²) in [5.41, 5.74) is 6.78. The van der Waals surface area contributed by atoms with Crippen LogP contribution in [0.25, 0.3) is 0 Å². The summed E-state index contributed by atoms with van der Waals surface area (Å²) in [4.78, 5) is 13.9. The second-order valence-electron chi connectivity index (χ2n) is 5.52. The molecule has 0 aliphatic heterocycles. The molecule has 0 radical (unpaired) electrons. The van der Waals surface area contributed by atoms with Crippen LogP contribution in [-0.2, 0) is 0 Å². The maximum absolute atomic E-state index is 12.2. The van der Waals surface area contributed by atoms with Crippen molar-refractivity contribution in [2.45, 2.75) is 39.5 Å². The fraction of sp³-hybridized carbons (Fsp3) is 0.562. The number of nitrogens with two attached hydrogens (primary N) is 1. The highest BCUT2D eigenvalue weighted by atomic mass is 32.1. The molecule has 1 aromatic heterocycles. The zero-order chi connectivity index (χ0) is 14.6. The summed E-state index contributed by atoms with van der Waals surface area (Å²) >= 11 is 1.45. The topological polar surface area (TPSA) is 55.1 Å². The predicted octanol–water partition coefficient (Wildman–Crippen LogP) is 2.68. The molecule has 0 aromatic carbocycles. The van der Waals surface area contributed by atoms with Crippen molar-refractivity contribution >= 4 is 17.2 Å². The SMILES string of the molecule is CCC1(CNC(=O)c2cc(C)c(C#CCN)s2)CCC1. The molecule has 1 saturated carbocycles. The fourth-order valence-electron chi connectivity index (χ4n) is 2.54. The number of thiophene rings is 1. The van der Waals surface area contributed by atoms with Gasteiger partial charge in [-0.2, -0.15) is 0 Å². The molecule has 2 rings (SSSR count). The quantitative estimate of drug-likeness (QED) is 0.838. The highest BCUT2D eigenvalue weighted by Gasteiger charge is 2.35. The first kappa shape index (κ1) is 15.1. The van der Waals surface area contributed by atoms with Crippen molar-refractivity contribution in [3.63, 3.8) is 0 Å². The maximum atomic E-state index is 12.2. The van der Waals surface area contributed by atoms with Crippen LogP contribution < -0.4 is 11.1 Å². The Morgan fingerprint density at radius 1 is 1.55 bits per heavy atom. The second kappa shape index (κ2) is 6.43. The summed E-state index contributed by atoms with van der Waals surface area (Å²) in [6.45, 7) is 5.33. The first-order valence-electron chi connectivity index (χ1n) is 7.18. The minimum Gasteiger partial charge on any atom is -0.351 e. The molecule has 3 nitrogen and oxygen atoms in total. The van der Waals surface area contributed by atoms with E-state index in [2.05, 4.69) is 24.1 Å². The Bertz CT molecular complexity index is 541. The predicted molar refractivity (Wildman–Crippen MR) is 83.9 cm³/mol. The minimum absolute atomic E-state index is 0.0265. The molecule has 1 aliphatic carbocycles.